The zero-order valence-electron chi connectivity index (χ0n) is 15.6. The second-order valence-electron chi connectivity index (χ2n) is 5.60. The molecule has 0 aliphatic carbocycles. The van der Waals surface area contributed by atoms with E-state index in [2.05, 4.69) is 5.32 Å². The third kappa shape index (κ3) is 5.66. The molecule has 0 spiro atoms. The first-order valence-electron chi connectivity index (χ1n) is 8.39. The third-order valence-electron chi connectivity index (χ3n) is 3.37. The van der Waals surface area contributed by atoms with Crippen molar-refractivity contribution in [3.05, 3.63) is 53.6 Å². The van der Waals surface area contributed by atoms with Gasteiger partial charge in [-0.05, 0) is 49.4 Å². The summed E-state index contributed by atoms with van der Waals surface area (Å²) in [6, 6.07) is 10.3. The van der Waals surface area contributed by atoms with E-state index >= 15 is 0 Å². The Labute approximate surface area is 161 Å². The van der Waals surface area contributed by atoms with Crippen molar-refractivity contribution >= 4 is 29.5 Å². The lowest BCUT2D eigenvalue weighted by atomic mass is 10.1. The average Bonchev–Trinajstić information content (AvgIpc) is 2.63. The summed E-state index contributed by atoms with van der Waals surface area (Å²) >= 11 is 0. The molecule has 0 unspecified atom stereocenters. The molecule has 146 valence electrons. The third-order valence-corrected chi connectivity index (χ3v) is 3.37. The van der Waals surface area contributed by atoms with Crippen LogP contribution in [-0.2, 0) is 14.3 Å². The minimum absolute atomic E-state index is 0.0260. The van der Waals surface area contributed by atoms with Gasteiger partial charge in [-0.1, -0.05) is 0 Å². The van der Waals surface area contributed by atoms with Crippen molar-refractivity contribution in [2.45, 2.75) is 20.8 Å². The SMILES string of the molecule is CCOC(=O)c1ccc(NC(=O)c2ccc(OC(C)=O)c(OC(C)=O)c2)cc1. The second-order valence-corrected chi connectivity index (χ2v) is 5.60. The Morgan fingerprint density at radius 1 is 0.821 bits per heavy atom. The predicted molar refractivity (Wildman–Crippen MR) is 99.4 cm³/mol. The average molecular weight is 385 g/mol. The molecule has 0 atom stereocenters. The van der Waals surface area contributed by atoms with Gasteiger partial charge >= 0.3 is 17.9 Å². The van der Waals surface area contributed by atoms with E-state index in [1.54, 1.807) is 19.1 Å². The van der Waals surface area contributed by atoms with Crippen LogP contribution in [0.4, 0.5) is 5.69 Å². The summed E-state index contributed by atoms with van der Waals surface area (Å²) in [4.78, 5) is 46.5. The smallest absolute Gasteiger partial charge is 0.338 e. The lowest BCUT2D eigenvalue weighted by Crippen LogP contribution is -2.13. The lowest BCUT2D eigenvalue weighted by molar-refractivity contribution is -0.134. The van der Waals surface area contributed by atoms with Gasteiger partial charge in [0.2, 0.25) is 0 Å². The monoisotopic (exact) mass is 385 g/mol. The molecule has 28 heavy (non-hydrogen) atoms. The summed E-state index contributed by atoms with van der Waals surface area (Å²) in [6.07, 6.45) is 0. The number of hydrogen-bond acceptors (Lipinski definition) is 7. The summed E-state index contributed by atoms with van der Waals surface area (Å²) in [5, 5.41) is 2.66. The molecule has 1 amide bonds. The molecule has 0 aliphatic rings. The number of benzene rings is 2. The highest BCUT2D eigenvalue weighted by Gasteiger charge is 2.15. The topological polar surface area (TPSA) is 108 Å². The van der Waals surface area contributed by atoms with Crippen molar-refractivity contribution in [1.29, 1.82) is 0 Å². The fraction of sp³-hybridized carbons (Fsp3) is 0.200. The largest absolute Gasteiger partial charge is 0.462 e. The highest BCUT2D eigenvalue weighted by atomic mass is 16.6. The summed E-state index contributed by atoms with van der Waals surface area (Å²) in [5.41, 5.74) is 1.00. The van der Waals surface area contributed by atoms with Gasteiger partial charge in [-0.2, -0.15) is 0 Å². The number of nitrogens with one attached hydrogen (secondary N) is 1. The number of hydrogen-bond donors (Lipinski definition) is 1. The number of amides is 1. The molecular formula is C20H19NO7. The van der Waals surface area contributed by atoms with Gasteiger partial charge in [0, 0.05) is 25.1 Å². The molecular weight excluding hydrogens is 366 g/mol. The van der Waals surface area contributed by atoms with E-state index in [0.29, 0.717) is 11.3 Å². The number of esters is 3. The summed E-state index contributed by atoms with van der Waals surface area (Å²) in [6.45, 7) is 4.38. The van der Waals surface area contributed by atoms with Crippen molar-refractivity contribution in [2.75, 3.05) is 11.9 Å². The van der Waals surface area contributed by atoms with Gasteiger partial charge in [-0.3, -0.25) is 14.4 Å². The van der Waals surface area contributed by atoms with Crippen LogP contribution in [0.2, 0.25) is 0 Å². The summed E-state index contributed by atoms with van der Waals surface area (Å²) in [5.74, 6) is -2.17. The van der Waals surface area contributed by atoms with Crippen LogP contribution in [0.3, 0.4) is 0 Å². The zero-order valence-corrected chi connectivity index (χ0v) is 15.6. The maximum atomic E-state index is 12.5. The molecule has 8 nitrogen and oxygen atoms in total. The van der Waals surface area contributed by atoms with Crippen molar-refractivity contribution < 1.29 is 33.4 Å². The van der Waals surface area contributed by atoms with Crippen molar-refractivity contribution in [3.63, 3.8) is 0 Å². The molecule has 2 aromatic carbocycles. The molecule has 0 heterocycles. The van der Waals surface area contributed by atoms with Crippen LogP contribution in [0.25, 0.3) is 0 Å². The molecule has 0 bridgehead atoms. The van der Waals surface area contributed by atoms with Crippen LogP contribution in [0, 0.1) is 0 Å². The number of anilines is 1. The Bertz CT molecular complexity index is 903. The molecule has 8 heteroatoms. The Balaban J connectivity index is 2.18. The van der Waals surface area contributed by atoms with Gasteiger partial charge in [0.25, 0.3) is 5.91 Å². The minimum Gasteiger partial charge on any atom is -0.462 e. The minimum atomic E-state index is -0.625. The quantitative estimate of drug-likeness (QED) is 0.601. The number of carbonyl (C=O) groups is 4. The zero-order chi connectivity index (χ0) is 20.7. The Hall–Kier alpha value is -3.68. The second kappa shape index (κ2) is 9.31. The van der Waals surface area contributed by atoms with Crippen LogP contribution in [-0.4, -0.2) is 30.4 Å². The van der Waals surface area contributed by atoms with E-state index in [1.165, 1.54) is 44.2 Å². The standard InChI is InChI=1S/C20H19NO7/c1-4-26-20(25)14-5-8-16(9-6-14)21-19(24)15-7-10-17(27-12(2)22)18(11-15)28-13(3)23/h5-11H,4H2,1-3H3,(H,21,24). The number of rotatable bonds is 6. The molecule has 0 aromatic heterocycles. The molecule has 0 aliphatic heterocycles. The Kier molecular flexibility index (Phi) is 6.86. The molecule has 2 rings (SSSR count). The fourth-order valence-corrected chi connectivity index (χ4v) is 2.23. The molecule has 2 aromatic rings. The van der Waals surface area contributed by atoms with E-state index in [9.17, 15) is 19.2 Å². The van der Waals surface area contributed by atoms with Crippen LogP contribution in [0.1, 0.15) is 41.5 Å². The number of carbonyl (C=O) groups excluding carboxylic acids is 4. The first kappa shape index (κ1) is 20.6. The van der Waals surface area contributed by atoms with Gasteiger partial charge in [0.15, 0.2) is 11.5 Å². The Morgan fingerprint density at radius 3 is 1.96 bits per heavy atom. The maximum Gasteiger partial charge on any atom is 0.338 e. The van der Waals surface area contributed by atoms with Crippen LogP contribution in [0.15, 0.2) is 42.5 Å². The molecule has 0 saturated heterocycles. The van der Waals surface area contributed by atoms with E-state index < -0.39 is 23.8 Å². The highest BCUT2D eigenvalue weighted by molar-refractivity contribution is 6.05. The first-order valence-corrected chi connectivity index (χ1v) is 8.39. The first-order chi connectivity index (χ1) is 13.3. The Morgan fingerprint density at radius 2 is 1.39 bits per heavy atom. The van der Waals surface area contributed by atoms with Crippen molar-refractivity contribution in [2.24, 2.45) is 0 Å². The predicted octanol–water partition coefficient (Wildman–Crippen LogP) is 2.97. The van der Waals surface area contributed by atoms with Crippen molar-refractivity contribution in [1.82, 2.24) is 0 Å². The fourth-order valence-electron chi connectivity index (χ4n) is 2.23. The van der Waals surface area contributed by atoms with Gasteiger partial charge in [0.05, 0.1) is 12.2 Å². The van der Waals surface area contributed by atoms with Gasteiger partial charge in [-0.25, -0.2) is 4.79 Å². The van der Waals surface area contributed by atoms with Gasteiger partial charge in [-0.15, -0.1) is 0 Å². The van der Waals surface area contributed by atoms with E-state index in [0.717, 1.165) is 0 Å². The van der Waals surface area contributed by atoms with Crippen LogP contribution < -0.4 is 14.8 Å². The van der Waals surface area contributed by atoms with Gasteiger partial charge < -0.3 is 19.5 Å². The molecule has 0 fully saturated rings. The summed E-state index contributed by atoms with van der Waals surface area (Å²) < 4.78 is 14.9. The lowest BCUT2D eigenvalue weighted by Gasteiger charge is -2.11. The van der Waals surface area contributed by atoms with Gasteiger partial charge in [0.1, 0.15) is 0 Å². The van der Waals surface area contributed by atoms with Crippen LogP contribution in [0.5, 0.6) is 11.5 Å². The maximum absolute atomic E-state index is 12.5. The summed E-state index contributed by atoms with van der Waals surface area (Å²) in [7, 11) is 0. The van der Waals surface area contributed by atoms with E-state index in [-0.39, 0.29) is 23.7 Å². The number of ether oxygens (including phenoxy) is 3. The molecule has 1 N–H and O–H groups in total. The molecule has 0 saturated carbocycles. The van der Waals surface area contributed by atoms with Crippen molar-refractivity contribution in [3.8, 4) is 11.5 Å². The van der Waals surface area contributed by atoms with E-state index in [4.69, 9.17) is 14.2 Å². The van der Waals surface area contributed by atoms with E-state index in [1.807, 2.05) is 0 Å². The normalized spacial score (nSPS) is 9.96. The highest BCUT2D eigenvalue weighted by Crippen LogP contribution is 2.29. The molecule has 0 radical (unpaired) electrons. The van der Waals surface area contributed by atoms with Crippen LogP contribution >= 0.6 is 0 Å².